The molecule has 0 aliphatic heterocycles. The van der Waals surface area contributed by atoms with Crippen molar-refractivity contribution in [2.24, 2.45) is 5.92 Å². The third kappa shape index (κ3) is 4.14. The molecule has 0 aliphatic rings. The molecule has 20 heavy (non-hydrogen) atoms. The van der Waals surface area contributed by atoms with Crippen LogP contribution in [-0.2, 0) is 12.8 Å². The van der Waals surface area contributed by atoms with E-state index >= 15 is 0 Å². The number of rotatable bonds is 5. The minimum absolute atomic E-state index is 0.204. The summed E-state index contributed by atoms with van der Waals surface area (Å²) in [5.74, 6) is -0.0975. The molecule has 2 rings (SSSR count). The van der Waals surface area contributed by atoms with Gasteiger partial charge in [0, 0.05) is 5.33 Å². The average molecular weight is 339 g/mol. The van der Waals surface area contributed by atoms with Gasteiger partial charge < -0.3 is 0 Å². The Balaban J connectivity index is 2.11. The first kappa shape index (κ1) is 15.2. The lowest BCUT2D eigenvalue weighted by Gasteiger charge is -2.16. The fourth-order valence-electron chi connectivity index (χ4n) is 2.35. The Morgan fingerprint density at radius 3 is 2.45 bits per heavy atom. The Hall–Kier alpha value is -1.22. The Bertz CT molecular complexity index is 581. The van der Waals surface area contributed by atoms with E-state index in [2.05, 4.69) is 15.9 Å². The molecular weight excluding hydrogens is 322 g/mol. The molecule has 0 saturated carbocycles. The number of hydrogen-bond donors (Lipinski definition) is 0. The monoisotopic (exact) mass is 338 g/mol. The molecule has 3 heteroatoms. The molecule has 0 bridgehead atoms. The Morgan fingerprint density at radius 1 is 1.00 bits per heavy atom. The van der Waals surface area contributed by atoms with E-state index in [1.54, 1.807) is 24.3 Å². The second-order valence-electron chi connectivity index (χ2n) is 5.13. The first-order valence-corrected chi connectivity index (χ1v) is 7.76. The molecule has 0 radical (unpaired) electrons. The highest BCUT2D eigenvalue weighted by atomic mass is 79.9. The molecule has 0 spiro atoms. The van der Waals surface area contributed by atoms with E-state index in [0.29, 0.717) is 5.92 Å². The standard InChI is InChI=1S/C17H17BrF2/c1-12-5-6-17(20)10-15(12)8-14(11-18)7-13-3-2-4-16(19)9-13/h2-6,9-10,14H,7-8,11H2,1H3. The van der Waals surface area contributed by atoms with E-state index in [1.165, 1.54) is 12.1 Å². The lowest BCUT2D eigenvalue weighted by molar-refractivity contribution is 0.575. The van der Waals surface area contributed by atoms with Crippen LogP contribution in [0, 0.1) is 24.5 Å². The van der Waals surface area contributed by atoms with Gasteiger partial charge in [-0.1, -0.05) is 34.1 Å². The van der Waals surface area contributed by atoms with Crippen LogP contribution >= 0.6 is 15.9 Å². The minimum Gasteiger partial charge on any atom is -0.207 e. The molecule has 2 aromatic rings. The fourth-order valence-corrected chi connectivity index (χ4v) is 2.81. The molecule has 1 atom stereocenters. The van der Waals surface area contributed by atoms with E-state index < -0.39 is 0 Å². The predicted molar refractivity (Wildman–Crippen MR) is 82.2 cm³/mol. The highest BCUT2D eigenvalue weighted by Gasteiger charge is 2.12. The van der Waals surface area contributed by atoms with Crippen LogP contribution in [0.15, 0.2) is 42.5 Å². The maximum absolute atomic E-state index is 13.3. The molecule has 0 N–H and O–H groups in total. The molecule has 0 aliphatic carbocycles. The van der Waals surface area contributed by atoms with Gasteiger partial charge in [0.05, 0.1) is 0 Å². The Morgan fingerprint density at radius 2 is 1.75 bits per heavy atom. The normalized spacial score (nSPS) is 12.4. The SMILES string of the molecule is Cc1ccc(F)cc1CC(CBr)Cc1cccc(F)c1. The fraction of sp³-hybridized carbons (Fsp3) is 0.294. The first-order valence-electron chi connectivity index (χ1n) is 6.64. The molecule has 0 nitrogen and oxygen atoms in total. The van der Waals surface area contributed by atoms with Crippen LogP contribution in [0.2, 0.25) is 0 Å². The van der Waals surface area contributed by atoms with Gasteiger partial charge in [-0.2, -0.15) is 0 Å². The van der Waals surface area contributed by atoms with Crippen molar-refractivity contribution in [1.82, 2.24) is 0 Å². The van der Waals surface area contributed by atoms with E-state index in [1.807, 2.05) is 13.0 Å². The van der Waals surface area contributed by atoms with Crippen molar-refractivity contribution < 1.29 is 8.78 Å². The molecule has 0 aromatic heterocycles. The van der Waals surface area contributed by atoms with Crippen molar-refractivity contribution >= 4 is 15.9 Å². The third-order valence-electron chi connectivity index (χ3n) is 3.45. The van der Waals surface area contributed by atoms with Crippen molar-refractivity contribution in [3.63, 3.8) is 0 Å². The van der Waals surface area contributed by atoms with Crippen molar-refractivity contribution in [2.45, 2.75) is 19.8 Å². The van der Waals surface area contributed by atoms with Crippen LogP contribution in [0.4, 0.5) is 8.78 Å². The smallest absolute Gasteiger partial charge is 0.123 e. The van der Waals surface area contributed by atoms with Gasteiger partial charge in [0.15, 0.2) is 0 Å². The van der Waals surface area contributed by atoms with Gasteiger partial charge in [0.2, 0.25) is 0 Å². The molecule has 1 unspecified atom stereocenters. The van der Waals surface area contributed by atoms with Gasteiger partial charge in [-0.25, -0.2) is 8.78 Å². The maximum atomic E-state index is 13.3. The first-order chi connectivity index (χ1) is 9.58. The number of halogens is 3. The van der Waals surface area contributed by atoms with Crippen molar-refractivity contribution in [1.29, 1.82) is 0 Å². The summed E-state index contributed by atoms with van der Waals surface area (Å²) in [6.45, 7) is 1.99. The Kier molecular flexibility index (Phi) is 5.30. The summed E-state index contributed by atoms with van der Waals surface area (Å²) < 4.78 is 26.5. The van der Waals surface area contributed by atoms with E-state index in [0.717, 1.165) is 34.9 Å². The molecule has 0 amide bonds. The largest absolute Gasteiger partial charge is 0.207 e. The van der Waals surface area contributed by atoms with Crippen LogP contribution in [0.5, 0.6) is 0 Å². The zero-order valence-electron chi connectivity index (χ0n) is 11.4. The number of hydrogen-bond acceptors (Lipinski definition) is 0. The molecule has 0 heterocycles. The maximum Gasteiger partial charge on any atom is 0.123 e. The average Bonchev–Trinajstić information content (AvgIpc) is 2.42. The quantitative estimate of drug-likeness (QED) is 0.667. The van der Waals surface area contributed by atoms with E-state index in [-0.39, 0.29) is 11.6 Å². The lowest BCUT2D eigenvalue weighted by atomic mass is 9.92. The van der Waals surface area contributed by atoms with Crippen LogP contribution < -0.4 is 0 Å². The lowest BCUT2D eigenvalue weighted by Crippen LogP contribution is -2.11. The highest BCUT2D eigenvalue weighted by Crippen LogP contribution is 2.20. The van der Waals surface area contributed by atoms with Gasteiger partial charge in [0.1, 0.15) is 11.6 Å². The van der Waals surface area contributed by atoms with E-state index in [4.69, 9.17) is 0 Å². The van der Waals surface area contributed by atoms with Crippen LogP contribution in [0.3, 0.4) is 0 Å². The van der Waals surface area contributed by atoms with Gasteiger partial charge in [0.25, 0.3) is 0 Å². The summed E-state index contributed by atoms with van der Waals surface area (Å²) in [7, 11) is 0. The molecule has 0 fully saturated rings. The zero-order chi connectivity index (χ0) is 14.5. The second-order valence-corrected chi connectivity index (χ2v) is 5.78. The van der Waals surface area contributed by atoms with Gasteiger partial charge in [-0.3, -0.25) is 0 Å². The summed E-state index contributed by atoms with van der Waals surface area (Å²) in [6.07, 6.45) is 1.56. The van der Waals surface area contributed by atoms with Crippen molar-refractivity contribution in [3.05, 3.63) is 70.8 Å². The van der Waals surface area contributed by atoms with E-state index in [9.17, 15) is 8.78 Å². The van der Waals surface area contributed by atoms with Crippen LogP contribution in [0.25, 0.3) is 0 Å². The zero-order valence-corrected chi connectivity index (χ0v) is 13.0. The molecule has 2 aromatic carbocycles. The summed E-state index contributed by atoms with van der Waals surface area (Å²) in [5, 5.41) is 0.805. The number of aryl methyl sites for hydroxylation is 1. The summed E-state index contributed by atoms with van der Waals surface area (Å²) in [5.41, 5.74) is 3.09. The molecular formula is C17H17BrF2. The topological polar surface area (TPSA) is 0 Å². The van der Waals surface area contributed by atoms with Gasteiger partial charge in [-0.05, 0) is 66.6 Å². The molecule has 0 saturated heterocycles. The second kappa shape index (κ2) is 6.98. The number of alkyl halides is 1. The molecule has 106 valence electrons. The highest BCUT2D eigenvalue weighted by molar-refractivity contribution is 9.09. The van der Waals surface area contributed by atoms with Gasteiger partial charge >= 0.3 is 0 Å². The summed E-state index contributed by atoms with van der Waals surface area (Å²) in [6, 6.07) is 11.5. The van der Waals surface area contributed by atoms with Gasteiger partial charge in [-0.15, -0.1) is 0 Å². The predicted octanol–water partition coefficient (Wildman–Crippen LogP) is 5.07. The minimum atomic E-state index is -0.210. The van der Waals surface area contributed by atoms with Crippen molar-refractivity contribution in [3.8, 4) is 0 Å². The summed E-state index contributed by atoms with van der Waals surface area (Å²) in [4.78, 5) is 0. The third-order valence-corrected chi connectivity index (χ3v) is 4.37. The van der Waals surface area contributed by atoms with Crippen LogP contribution in [0.1, 0.15) is 16.7 Å². The Labute approximate surface area is 127 Å². The van der Waals surface area contributed by atoms with Crippen LogP contribution in [-0.4, -0.2) is 5.33 Å². The van der Waals surface area contributed by atoms with Crippen molar-refractivity contribution in [2.75, 3.05) is 5.33 Å². The summed E-state index contributed by atoms with van der Waals surface area (Å²) >= 11 is 3.50. The number of benzene rings is 2.